The molecule has 176 valence electrons. The Morgan fingerprint density at radius 1 is 1.03 bits per heavy atom. The third-order valence-electron chi connectivity index (χ3n) is 5.92. The number of nitrogens with one attached hydrogen (secondary N) is 1. The normalized spacial score (nSPS) is 15.5. The van der Waals surface area contributed by atoms with Gasteiger partial charge in [-0.2, -0.15) is 0 Å². The van der Waals surface area contributed by atoms with Crippen molar-refractivity contribution in [3.8, 4) is 5.69 Å². The van der Waals surface area contributed by atoms with E-state index in [1.54, 1.807) is 12.1 Å². The van der Waals surface area contributed by atoms with E-state index in [9.17, 15) is 14.0 Å². The lowest BCUT2D eigenvalue weighted by Gasteiger charge is -2.29. The van der Waals surface area contributed by atoms with Gasteiger partial charge in [0.1, 0.15) is 18.2 Å². The highest BCUT2D eigenvalue weighted by molar-refractivity contribution is 6.00. The van der Waals surface area contributed by atoms with Crippen molar-refractivity contribution in [3.05, 3.63) is 107 Å². The minimum absolute atomic E-state index is 0.0499. The fourth-order valence-corrected chi connectivity index (χ4v) is 4.35. The van der Waals surface area contributed by atoms with Gasteiger partial charge in [0.15, 0.2) is 0 Å². The van der Waals surface area contributed by atoms with Gasteiger partial charge in [0.2, 0.25) is 11.7 Å². The summed E-state index contributed by atoms with van der Waals surface area (Å²) in [6.07, 6.45) is 0. The molecule has 2 amide bonds. The monoisotopic (exact) mass is 469 g/mol. The third kappa shape index (κ3) is 4.30. The van der Waals surface area contributed by atoms with Crippen molar-refractivity contribution in [2.45, 2.75) is 25.8 Å². The van der Waals surface area contributed by atoms with Crippen LogP contribution in [0.2, 0.25) is 0 Å². The standard InChI is InChI=1S/C27H24FN5O2/c1-17(2)26-30-25(31-33(26)20-12-8-11-19(28)15-20)27(35)32-16-23(34)29-22-14-7-6-13-21(22)24(32)18-9-4-3-5-10-18/h3-15,17,24H,16H2,1-2H3,(H,29,34). The number of para-hydroxylation sites is 1. The van der Waals surface area contributed by atoms with Crippen LogP contribution in [-0.4, -0.2) is 38.0 Å². The minimum Gasteiger partial charge on any atom is -0.324 e. The maximum absolute atomic E-state index is 13.9. The maximum atomic E-state index is 13.9. The van der Waals surface area contributed by atoms with Gasteiger partial charge in [-0.15, -0.1) is 5.10 Å². The van der Waals surface area contributed by atoms with E-state index in [0.717, 1.165) is 11.1 Å². The van der Waals surface area contributed by atoms with Crippen molar-refractivity contribution in [2.75, 3.05) is 11.9 Å². The molecule has 1 aliphatic rings. The second-order valence-electron chi connectivity index (χ2n) is 8.72. The number of anilines is 1. The van der Waals surface area contributed by atoms with Gasteiger partial charge in [-0.3, -0.25) is 9.59 Å². The fraction of sp³-hybridized carbons (Fsp3) is 0.185. The molecule has 1 aliphatic heterocycles. The lowest BCUT2D eigenvalue weighted by molar-refractivity contribution is -0.117. The number of amides is 2. The molecule has 1 aromatic heterocycles. The van der Waals surface area contributed by atoms with Gasteiger partial charge in [0.25, 0.3) is 5.91 Å². The topological polar surface area (TPSA) is 80.1 Å². The molecular weight excluding hydrogens is 445 g/mol. The second-order valence-corrected chi connectivity index (χ2v) is 8.72. The van der Waals surface area contributed by atoms with Crippen molar-refractivity contribution in [3.63, 3.8) is 0 Å². The highest BCUT2D eigenvalue weighted by atomic mass is 19.1. The molecule has 3 aromatic carbocycles. The molecule has 35 heavy (non-hydrogen) atoms. The van der Waals surface area contributed by atoms with Crippen molar-refractivity contribution in [2.24, 2.45) is 0 Å². The van der Waals surface area contributed by atoms with E-state index in [1.165, 1.54) is 21.7 Å². The molecule has 1 N–H and O–H groups in total. The van der Waals surface area contributed by atoms with Gasteiger partial charge in [0.05, 0.1) is 11.7 Å². The number of hydrogen-bond acceptors (Lipinski definition) is 4. The second kappa shape index (κ2) is 9.13. The Bertz CT molecular complexity index is 1400. The number of hydrogen-bond donors (Lipinski definition) is 1. The summed E-state index contributed by atoms with van der Waals surface area (Å²) in [7, 11) is 0. The smallest absolute Gasteiger partial charge is 0.294 e. The Morgan fingerprint density at radius 3 is 2.51 bits per heavy atom. The SMILES string of the molecule is CC(C)c1nc(C(=O)N2CC(=O)Nc3ccccc3C2c2ccccc2)nn1-c1cccc(F)c1. The van der Waals surface area contributed by atoms with Crippen molar-refractivity contribution < 1.29 is 14.0 Å². The van der Waals surface area contributed by atoms with Crippen molar-refractivity contribution in [1.82, 2.24) is 19.7 Å². The predicted molar refractivity (Wildman–Crippen MR) is 130 cm³/mol. The Balaban J connectivity index is 1.63. The van der Waals surface area contributed by atoms with Crippen LogP contribution in [0, 0.1) is 5.82 Å². The first-order valence-corrected chi connectivity index (χ1v) is 11.4. The summed E-state index contributed by atoms with van der Waals surface area (Å²) in [5.41, 5.74) is 2.78. The Labute approximate surface area is 202 Å². The van der Waals surface area contributed by atoms with Gasteiger partial charge in [-0.05, 0) is 29.8 Å². The summed E-state index contributed by atoms with van der Waals surface area (Å²) in [6, 6.07) is 22.5. The molecular formula is C27H24FN5O2. The van der Waals surface area contributed by atoms with Crippen LogP contribution in [0.25, 0.3) is 5.69 Å². The number of carbonyl (C=O) groups is 2. The molecule has 8 heteroatoms. The van der Waals surface area contributed by atoms with Gasteiger partial charge < -0.3 is 10.2 Å². The van der Waals surface area contributed by atoms with Gasteiger partial charge in [0, 0.05) is 17.2 Å². The number of nitrogens with zero attached hydrogens (tertiary/aromatic N) is 4. The quantitative estimate of drug-likeness (QED) is 0.469. The number of rotatable bonds is 4. The lowest BCUT2D eigenvalue weighted by atomic mass is 9.96. The van der Waals surface area contributed by atoms with E-state index in [2.05, 4.69) is 15.4 Å². The third-order valence-corrected chi connectivity index (χ3v) is 5.92. The highest BCUT2D eigenvalue weighted by Crippen LogP contribution is 2.36. The molecule has 0 saturated heterocycles. The zero-order valence-electron chi connectivity index (χ0n) is 19.4. The van der Waals surface area contributed by atoms with E-state index in [1.807, 2.05) is 68.4 Å². The largest absolute Gasteiger partial charge is 0.324 e. The molecule has 0 spiro atoms. The van der Waals surface area contributed by atoms with Crippen LogP contribution < -0.4 is 5.32 Å². The van der Waals surface area contributed by atoms with Crippen LogP contribution in [0.3, 0.4) is 0 Å². The summed E-state index contributed by atoms with van der Waals surface area (Å²) >= 11 is 0. The van der Waals surface area contributed by atoms with Gasteiger partial charge in [-0.25, -0.2) is 14.1 Å². The number of fused-ring (bicyclic) bond motifs is 1. The summed E-state index contributed by atoms with van der Waals surface area (Å²) in [6.45, 7) is 3.69. The lowest BCUT2D eigenvalue weighted by Crippen LogP contribution is -2.39. The molecule has 0 radical (unpaired) electrons. The van der Waals surface area contributed by atoms with E-state index in [0.29, 0.717) is 17.2 Å². The van der Waals surface area contributed by atoms with E-state index < -0.39 is 17.8 Å². The van der Waals surface area contributed by atoms with Crippen molar-refractivity contribution in [1.29, 1.82) is 0 Å². The molecule has 1 unspecified atom stereocenters. The van der Waals surface area contributed by atoms with Crippen LogP contribution in [-0.2, 0) is 4.79 Å². The van der Waals surface area contributed by atoms with Gasteiger partial charge >= 0.3 is 0 Å². The first kappa shape index (κ1) is 22.5. The molecule has 0 fully saturated rings. The predicted octanol–water partition coefficient (Wildman–Crippen LogP) is 4.71. The Hall–Kier alpha value is -4.33. The van der Waals surface area contributed by atoms with Crippen LogP contribution in [0.1, 0.15) is 53.4 Å². The van der Waals surface area contributed by atoms with Crippen LogP contribution >= 0.6 is 0 Å². The zero-order valence-corrected chi connectivity index (χ0v) is 19.4. The Morgan fingerprint density at radius 2 is 1.77 bits per heavy atom. The Kier molecular flexibility index (Phi) is 5.86. The van der Waals surface area contributed by atoms with Crippen LogP contribution in [0.15, 0.2) is 78.9 Å². The molecule has 0 saturated carbocycles. The summed E-state index contributed by atoms with van der Waals surface area (Å²) in [5.74, 6) is -0.808. The van der Waals surface area contributed by atoms with Crippen LogP contribution in [0.4, 0.5) is 10.1 Å². The average molecular weight is 470 g/mol. The first-order valence-electron chi connectivity index (χ1n) is 11.4. The minimum atomic E-state index is -0.525. The number of carbonyl (C=O) groups excluding carboxylic acids is 2. The fourth-order valence-electron chi connectivity index (χ4n) is 4.35. The van der Waals surface area contributed by atoms with E-state index >= 15 is 0 Å². The number of benzene rings is 3. The average Bonchev–Trinajstić information content (AvgIpc) is 3.24. The molecule has 2 heterocycles. The summed E-state index contributed by atoms with van der Waals surface area (Å²) in [4.78, 5) is 32.8. The van der Waals surface area contributed by atoms with E-state index in [-0.39, 0.29) is 24.2 Å². The molecule has 0 aliphatic carbocycles. The van der Waals surface area contributed by atoms with Gasteiger partial charge in [-0.1, -0.05) is 68.4 Å². The highest BCUT2D eigenvalue weighted by Gasteiger charge is 2.36. The molecule has 1 atom stereocenters. The molecule has 7 nitrogen and oxygen atoms in total. The molecule has 5 rings (SSSR count). The zero-order chi connectivity index (χ0) is 24.5. The number of aromatic nitrogens is 3. The maximum Gasteiger partial charge on any atom is 0.294 e. The molecule has 4 aromatic rings. The first-order chi connectivity index (χ1) is 16.9. The van der Waals surface area contributed by atoms with Crippen LogP contribution in [0.5, 0.6) is 0 Å². The number of halogens is 1. The summed E-state index contributed by atoms with van der Waals surface area (Å²) in [5, 5.41) is 7.38. The van der Waals surface area contributed by atoms with Crippen molar-refractivity contribution >= 4 is 17.5 Å². The summed E-state index contributed by atoms with van der Waals surface area (Å²) < 4.78 is 15.4. The van der Waals surface area contributed by atoms with E-state index in [4.69, 9.17) is 0 Å². The molecule has 0 bridgehead atoms.